The molecule has 0 saturated heterocycles. The smallest absolute Gasteiger partial charge is 0.344 e. The van der Waals surface area contributed by atoms with Gasteiger partial charge in [-0.15, -0.1) is 0 Å². The van der Waals surface area contributed by atoms with E-state index in [-0.39, 0.29) is 19.6 Å². The van der Waals surface area contributed by atoms with Crippen molar-refractivity contribution < 1.29 is 23.9 Å². The molecule has 0 rings (SSSR count). The quantitative estimate of drug-likeness (QED) is 0.413. The first-order valence-electron chi connectivity index (χ1n) is 6.72. The van der Waals surface area contributed by atoms with Gasteiger partial charge in [0.2, 0.25) is 11.4 Å². The molecule has 0 unspecified atom stereocenters. The van der Waals surface area contributed by atoms with Crippen LogP contribution in [0.2, 0.25) is 0 Å². The van der Waals surface area contributed by atoms with Crippen LogP contribution in [0.5, 0.6) is 0 Å². The summed E-state index contributed by atoms with van der Waals surface area (Å²) in [6.45, 7) is 6.63. The molecular formula is C14H23NO5. The Balaban J connectivity index is 5.48. The fourth-order valence-corrected chi connectivity index (χ4v) is 1.64. The lowest BCUT2D eigenvalue weighted by atomic mass is 9.94. The number of allylic oxidation sites excluding steroid dienone is 1. The van der Waals surface area contributed by atoms with Gasteiger partial charge in [-0.1, -0.05) is 19.1 Å². The second kappa shape index (κ2) is 9.12. The average molecular weight is 285 g/mol. The normalized spacial score (nSPS) is 11.2. The fourth-order valence-electron chi connectivity index (χ4n) is 1.64. The van der Waals surface area contributed by atoms with Crippen LogP contribution in [0.25, 0.3) is 0 Å². The lowest BCUT2D eigenvalue weighted by molar-refractivity contribution is -0.167. The van der Waals surface area contributed by atoms with Gasteiger partial charge in [-0.3, -0.25) is 4.79 Å². The second-order valence-electron chi connectivity index (χ2n) is 4.11. The summed E-state index contributed by atoms with van der Waals surface area (Å²) < 4.78 is 9.84. The average Bonchev–Trinajstić information content (AvgIpc) is 2.37. The Kier molecular flexibility index (Phi) is 8.27. The van der Waals surface area contributed by atoms with Gasteiger partial charge in [-0.05, 0) is 20.3 Å². The zero-order chi connectivity index (χ0) is 15.6. The molecular weight excluding hydrogens is 262 g/mol. The van der Waals surface area contributed by atoms with Gasteiger partial charge in [0.05, 0.1) is 13.2 Å². The van der Waals surface area contributed by atoms with Crippen molar-refractivity contribution in [3.05, 3.63) is 12.2 Å². The molecule has 0 aromatic heterocycles. The molecule has 0 aliphatic carbocycles. The van der Waals surface area contributed by atoms with Gasteiger partial charge in [0, 0.05) is 13.3 Å². The molecule has 0 aromatic rings. The van der Waals surface area contributed by atoms with Gasteiger partial charge in [0.15, 0.2) is 0 Å². The zero-order valence-electron chi connectivity index (χ0n) is 12.5. The number of nitrogens with one attached hydrogen (secondary N) is 1. The molecule has 6 heteroatoms. The Morgan fingerprint density at radius 1 is 1.00 bits per heavy atom. The Morgan fingerprint density at radius 2 is 1.50 bits per heavy atom. The number of hydrogen-bond acceptors (Lipinski definition) is 5. The Hall–Kier alpha value is -1.85. The Labute approximate surface area is 119 Å². The highest BCUT2D eigenvalue weighted by molar-refractivity contribution is 6.07. The van der Waals surface area contributed by atoms with Crippen LogP contribution >= 0.6 is 0 Å². The molecule has 0 bridgehead atoms. The molecule has 0 saturated carbocycles. The summed E-state index contributed by atoms with van der Waals surface area (Å²) >= 11 is 0. The highest BCUT2D eigenvalue weighted by Gasteiger charge is 2.49. The van der Waals surface area contributed by atoms with Crippen LogP contribution in [-0.2, 0) is 23.9 Å². The van der Waals surface area contributed by atoms with E-state index in [1.54, 1.807) is 26.0 Å². The monoisotopic (exact) mass is 285 g/mol. The van der Waals surface area contributed by atoms with Crippen molar-refractivity contribution >= 4 is 17.8 Å². The maximum Gasteiger partial charge on any atom is 0.344 e. The van der Waals surface area contributed by atoms with Gasteiger partial charge in [-0.25, -0.2) is 9.59 Å². The highest BCUT2D eigenvalue weighted by Crippen LogP contribution is 2.17. The first-order chi connectivity index (χ1) is 9.44. The summed E-state index contributed by atoms with van der Waals surface area (Å²) in [5, 5.41) is 2.38. The minimum absolute atomic E-state index is 0.00190. The molecule has 20 heavy (non-hydrogen) atoms. The summed E-state index contributed by atoms with van der Waals surface area (Å²) in [5.74, 6) is -2.13. The first kappa shape index (κ1) is 18.1. The largest absolute Gasteiger partial charge is 0.464 e. The van der Waals surface area contributed by atoms with E-state index in [0.29, 0.717) is 0 Å². The number of amides is 1. The number of ether oxygens (including phenoxy) is 2. The minimum Gasteiger partial charge on any atom is -0.464 e. The highest BCUT2D eigenvalue weighted by atomic mass is 16.6. The van der Waals surface area contributed by atoms with E-state index in [1.807, 2.05) is 6.92 Å². The van der Waals surface area contributed by atoms with E-state index in [2.05, 4.69) is 5.32 Å². The lowest BCUT2D eigenvalue weighted by Gasteiger charge is -2.28. The molecule has 6 nitrogen and oxygen atoms in total. The zero-order valence-corrected chi connectivity index (χ0v) is 12.5. The Morgan fingerprint density at radius 3 is 1.85 bits per heavy atom. The number of rotatable bonds is 8. The van der Waals surface area contributed by atoms with Crippen LogP contribution in [0.1, 0.15) is 40.5 Å². The molecule has 0 heterocycles. The molecule has 114 valence electrons. The molecule has 0 spiro atoms. The second-order valence-corrected chi connectivity index (χ2v) is 4.11. The summed E-state index contributed by atoms with van der Waals surface area (Å²) in [6.07, 6.45) is 4.21. The number of carbonyl (C=O) groups is 3. The van der Waals surface area contributed by atoms with E-state index in [9.17, 15) is 14.4 Å². The number of hydrogen-bond donors (Lipinski definition) is 1. The number of esters is 2. The molecule has 0 aliphatic heterocycles. The van der Waals surface area contributed by atoms with Crippen molar-refractivity contribution in [2.75, 3.05) is 13.2 Å². The van der Waals surface area contributed by atoms with Gasteiger partial charge in [0.1, 0.15) is 0 Å². The summed E-state index contributed by atoms with van der Waals surface area (Å²) in [6, 6.07) is 0. The molecule has 1 amide bonds. The van der Waals surface area contributed by atoms with Crippen molar-refractivity contribution in [3.8, 4) is 0 Å². The van der Waals surface area contributed by atoms with E-state index in [4.69, 9.17) is 9.47 Å². The van der Waals surface area contributed by atoms with Crippen molar-refractivity contribution in [1.82, 2.24) is 5.32 Å². The summed E-state index contributed by atoms with van der Waals surface area (Å²) in [5.41, 5.74) is -1.82. The van der Waals surface area contributed by atoms with Crippen molar-refractivity contribution in [3.63, 3.8) is 0 Å². The predicted octanol–water partition coefficient (Wildman–Crippen LogP) is 1.34. The molecule has 0 aliphatic rings. The molecule has 0 fully saturated rings. The third kappa shape index (κ3) is 5.03. The summed E-state index contributed by atoms with van der Waals surface area (Å²) in [7, 11) is 0. The summed E-state index contributed by atoms with van der Waals surface area (Å²) in [4.78, 5) is 35.6. The van der Waals surface area contributed by atoms with Crippen LogP contribution in [-0.4, -0.2) is 36.6 Å². The third-order valence-electron chi connectivity index (χ3n) is 2.46. The molecule has 1 N–H and O–H groups in total. The van der Waals surface area contributed by atoms with E-state index >= 15 is 0 Å². The van der Waals surface area contributed by atoms with Gasteiger partial charge >= 0.3 is 11.9 Å². The third-order valence-corrected chi connectivity index (χ3v) is 2.46. The van der Waals surface area contributed by atoms with Crippen LogP contribution in [0.15, 0.2) is 12.2 Å². The maximum atomic E-state index is 12.1. The van der Waals surface area contributed by atoms with Crippen molar-refractivity contribution in [1.29, 1.82) is 0 Å². The van der Waals surface area contributed by atoms with Crippen molar-refractivity contribution in [2.24, 2.45) is 0 Å². The van der Waals surface area contributed by atoms with E-state index in [1.165, 1.54) is 6.92 Å². The fraction of sp³-hybridized carbons (Fsp3) is 0.643. The van der Waals surface area contributed by atoms with Crippen LogP contribution in [0.3, 0.4) is 0 Å². The topological polar surface area (TPSA) is 81.7 Å². The number of carbonyl (C=O) groups excluding carboxylic acids is 3. The Bertz CT molecular complexity index is 358. The van der Waals surface area contributed by atoms with Crippen LogP contribution in [0, 0.1) is 0 Å². The minimum atomic E-state index is -1.82. The van der Waals surface area contributed by atoms with Gasteiger partial charge in [0.25, 0.3) is 0 Å². The van der Waals surface area contributed by atoms with Crippen LogP contribution in [0.4, 0.5) is 0 Å². The van der Waals surface area contributed by atoms with Gasteiger partial charge in [-0.2, -0.15) is 0 Å². The molecule has 0 atom stereocenters. The molecule has 0 aromatic carbocycles. The standard InChI is InChI=1S/C14H23NO5/c1-5-8-9-10-14(15-11(4)16,12(17)19-6-2)13(18)20-7-3/h8-9H,5-7,10H2,1-4H3,(H,15,16). The predicted molar refractivity (Wildman–Crippen MR) is 73.9 cm³/mol. The molecule has 0 radical (unpaired) electrons. The van der Waals surface area contributed by atoms with E-state index in [0.717, 1.165) is 6.42 Å². The maximum absolute atomic E-state index is 12.1. The van der Waals surface area contributed by atoms with E-state index < -0.39 is 23.4 Å². The van der Waals surface area contributed by atoms with Gasteiger partial charge < -0.3 is 14.8 Å². The van der Waals surface area contributed by atoms with Crippen LogP contribution < -0.4 is 5.32 Å². The first-order valence-corrected chi connectivity index (χ1v) is 6.72. The lowest BCUT2D eigenvalue weighted by Crippen LogP contribution is -2.60. The van der Waals surface area contributed by atoms with Crippen molar-refractivity contribution in [2.45, 2.75) is 46.1 Å². The SMILES string of the molecule is CCC=CCC(NC(C)=O)(C(=O)OCC)C(=O)OCC.